The molecule has 0 heterocycles. The zero-order valence-electron chi connectivity index (χ0n) is 8.64. The first-order valence-electron chi connectivity index (χ1n) is 4.67. The molecule has 0 aromatic heterocycles. The molecule has 0 aliphatic heterocycles. The van der Waals surface area contributed by atoms with E-state index in [1.54, 1.807) is 0 Å². The van der Waals surface area contributed by atoms with Gasteiger partial charge in [-0.1, -0.05) is 19.6 Å². The van der Waals surface area contributed by atoms with Crippen LogP contribution in [0.2, 0.25) is 19.6 Å². The van der Waals surface area contributed by atoms with Crippen LogP contribution in [0.4, 0.5) is 0 Å². The summed E-state index contributed by atoms with van der Waals surface area (Å²) >= 11 is 0. The van der Waals surface area contributed by atoms with Crippen LogP contribution in [-0.2, 0) is 0 Å². The molecule has 3 nitrogen and oxygen atoms in total. The minimum absolute atomic E-state index is 0.759. The Morgan fingerprint density at radius 3 is 1.92 bits per heavy atom. The summed E-state index contributed by atoms with van der Waals surface area (Å²) in [4.78, 5) is 0. The van der Waals surface area contributed by atoms with Crippen molar-refractivity contribution in [2.45, 2.75) is 26.1 Å². The van der Waals surface area contributed by atoms with Gasteiger partial charge in [-0.2, -0.15) is 0 Å². The molecular formula is C8H23N3Si. The lowest BCUT2D eigenvalue weighted by molar-refractivity contribution is 0.426. The Morgan fingerprint density at radius 2 is 1.58 bits per heavy atom. The van der Waals surface area contributed by atoms with E-state index in [9.17, 15) is 0 Å². The first kappa shape index (κ1) is 12.1. The van der Waals surface area contributed by atoms with Gasteiger partial charge in [0.15, 0.2) is 0 Å². The molecule has 0 atom stereocenters. The highest BCUT2D eigenvalue weighted by Crippen LogP contribution is 2.08. The highest BCUT2D eigenvalue weighted by Gasteiger charge is 2.21. The second kappa shape index (κ2) is 5.69. The lowest BCUT2D eigenvalue weighted by Crippen LogP contribution is -2.49. The van der Waals surface area contributed by atoms with Gasteiger partial charge < -0.3 is 16.0 Å². The molecular weight excluding hydrogens is 166 g/mol. The monoisotopic (exact) mass is 189 g/mol. The van der Waals surface area contributed by atoms with Crippen LogP contribution in [-0.4, -0.2) is 39.0 Å². The van der Waals surface area contributed by atoms with Crippen LogP contribution in [0.1, 0.15) is 6.42 Å². The number of hydrogen-bond acceptors (Lipinski definition) is 3. The van der Waals surface area contributed by atoms with Crippen molar-refractivity contribution in [2.75, 3.05) is 26.2 Å². The van der Waals surface area contributed by atoms with Crippen molar-refractivity contribution in [3.8, 4) is 0 Å². The molecule has 0 saturated heterocycles. The predicted molar refractivity (Wildman–Crippen MR) is 57.6 cm³/mol. The van der Waals surface area contributed by atoms with E-state index in [0.29, 0.717) is 0 Å². The topological polar surface area (TPSA) is 55.3 Å². The fourth-order valence-corrected chi connectivity index (χ4v) is 2.85. The molecule has 0 aliphatic carbocycles. The minimum atomic E-state index is -1.15. The molecule has 0 amide bonds. The zero-order chi connectivity index (χ0) is 9.61. The highest BCUT2D eigenvalue weighted by atomic mass is 28.3. The van der Waals surface area contributed by atoms with Crippen LogP contribution >= 0.6 is 0 Å². The van der Waals surface area contributed by atoms with Gasteiger partial charge in [0.05, 0.1) is 0 Å². The van der Waals surface area contributed by atoms with Gasteiger partial charge in [0.25, 0.3) is 0 Å². The second-order valence-electron chi connectivity index (χ2n) is 4.09. The summed E-state index contributed by atoms with van der Waals surface area (Å²) in [7, 11) is -1.15. The third kappa shape index (κ3) is 4.87. The normalized spacial score (nSPS) is 12.5. The fourth-order valence-electron chi connectivity index (χ4n) is 1.22. The van der Waals surface area contributed by atoms with Crippen molar-refractivity contribution in [1.82, 2.24) is 4.57 Å². The standard InChI is InChI=1S/C8H23N3Si/c1-12(2,3)11(8-6-10)7-4-5-9/h4-10H2,1-3H3. The molecule has 0 aromatic rings. The largest absolute Gasteiger partial charge is 0.330 e. The van der Waals surface area contributed by atoms with Crippen molar-refractivity contribution in [1.29, 1.82) is 0 Å². The van der Waals surface area contributed by atoms with E-state index < -0.39 is 8.24 Å². The SMILES string of the molecule is C[Si](C)(C)N(CCN)CCCN. The van der Waals surface area contributed by atoms with Crippen LogP contribution in [0.25, 0.3) is 0 Å². The van der Waals surface area contributed by atoms with Gasteiger partial charge in [-0.05, 0) is 19.5 Å². The Kier molecular flexibility index (Phi) is 5.74. The van der Waals surface area contributed by atoms with Crippen LogP contribution in [0.15, 0.2) is 0 Å². The maximum absolute atomic E-state index is 5.55. The van der Waals surface area contributed by atoms with Gasteiger partial charge in [-0.15, -0.1) is 0 Å². The number of rotatable bonds is 6. The molecule has 12 heavy (non-hydrogen) atoms. The molecule has 0 rings (SSSR count). The van der Waals surface area contributed by atoms with Crippen LogP contribution < -0.4 is 11.5 Å². The molecule has 4 heteroatoms. The van der Waals surface area contributed by atoms with Gasteiger partial charge in [0, 0.05) is 13.1 Å². The van der Waals surface area contributed by atoms with Gasteiger partial charge >= 0.3 is 0 Å². The van der Waals surface area contributed by atoms with Gasteiger partial charge in [-0.3, -0.25) is 0 Å². The third-order valence-electron chi connectivity index (χ3n) is 1.98. The number of nitrogens with two attached hydrogens (primary N) is 2. The van der Waals surface area contributed by atoms with Gasteiger partial charge in [-0.25, -0.2) is 0 Å². The second-order valence-corrected chi connectivity index (χ2v) is 9.06. The summed E-state index contributed by atoms with van der Waals surface area (Å²) < 4.78 is 2.51. The van der Waals surface area contributed by atoms with Gasteiger partial charge in [0.1, 0.15) is 8.24 Å². The molecule has 0 aliphatic rings. The smallest absolute Gasteiger partial charge is 0.119 e. The van der Waals surface area contributed by atoms with Crippen molar-refractivity contribution >= 4 is 8.24 Å². The Balaban J connectivity index is 3.86. The summed E-state index contributed by atoms with van der Waals surface area (Å²) in [5.41, 5.74) is 11.0. The lowest BCUT2D eigenvalue weighted by Gasteiger charge is -2.33. The van der Waals surface area contributed by atoms with E-state index in [-0.39, 0.29) is 0 Å². The fraction of sp³-hybridized carbons (Fsp3) is 1.00. The van der Waals surface area contributed by atoms with Crippen LogP contribution in [0.3, 0.4) is 0 Å². The quantitative estimate of drug-likeness (QED) is 0.596. The zero-order valence-corrected chi connectivity index (χ0v) is 9.64. The Bertz CT molecular complexity index is 111. The van der Waals surface area contributed by atoms with Crippen LogP contribution in [0, 0.1) is 0 Å². The summed E-state index contributed by atoms with van der Waals surface area (Å²) in [5, 5.41) is 0. The van der Waals surface area contributed by atoms with E-state index in [2.05, 4.69) is 24.2 Å². The molecule has 0 saturated carbocycles. The maximum atomic E-state index is 5.55. The van der Waals surface area contributed by atoms with Crippen molar-refractivity contribution in [3.05, 3.63) is 0 Å². The number of hydrogen-bond donors (Lipinski definition) is 2. The minimum Gasteiger partial charge on any atom is -0.330 e. The Morgan fingerprint density at radius 1 is 1.00 bits per heavy atom. The average molecular weight is 189 g/mol. The molecule has 0 spiro atoms. The van der Waals surface area contributed by atoms with E-state index in [4.69, 9.17) is 11.5 Å². The Hall–Kier alpha value is 0.0969. The van der Waals surface area contributed by atoms with Crippen LogP contribution in [0.5, 0.6) is 0 Å². The van der Waals surface area contributed by atoms with Crippen molar-refractivity contribution in [2.24, 2.45) is 11.5 Å². The van der Waals surface area contributed by atoms with Crippen molar-refractivity contribution < 1.29 is 0 Å². The molecule has 0 aromatic carbocycles. The molecule has 74 valence electrons. The first-order valence-corrected chi connectivity index (χ1v) is 8.12. The summed E-state index contributed by atoms with van der Waals surface area (Å²) in [6.07, 6.45) is 1.09. The molecule has 0 unspecified atom stereocenters. The van der Waals surface area contributed by atoms with E-state index >= 15 is 0 Å². The Labute approximate surface area is 77.2 Å². The maximum Gasteiger partial charge on any atom is 0.119 e. The summed E-state index contributed by atoms with van der Waals surface area (Å²) in [6.45, 7) is 10.7. The molecule has 0 radical (unpaired) electrons. The van der Waals surface area contributed by atoms with E-state index in [1.807, 2.05) is 0 Å². The molecule has 0 fully saturated rings. The predicted octanol–water partition coefficient (Wildman–Crippen LogP) is 0.431. The first-order chi connectivity index (χ1) is 5.52. The molecule has 4 N–H and O–H groups in total. The number of nitrogens with zero attached hydrogens (tertiary/aromatic N) is 1. The van der Waals surface area contributed by atoms with Gasteiger partial charge in [0.2, 0.25) is 0 Å². The third-order valence-corrected chi connectivity index (χ3v) is 4.32. The lowest BCUT2D eigenvalue weighted by atomic mass is 10.4. The van der Waals surface area contributed by atoms with E-state index in [1.165, 1.54) is 0 Å². The summed E-state index contributed by atoms with van der Waals surface area (Å²) in [5.74, 6) is 0. The average Bonchev–Trinajstić information content (AvgIpc) is 1.95. The highest BCUT2D eigenvalue weighted by molar-refractivity contribution is 6.73. The summed E-state index contributed by atoms with van der Waals surface area (Å²) in [6, 6.07) is 0. The molecule has 0 bridgehead atoms. The van der Waals surface area contributed by atoms with E-state index in [0.717, 1.165) is 32.6 Å². The van der Waals surface area contributed by atoms with Crippen molar-refractivity contribution in [3.63, 3.8) is 0 Å².